The molecule has 2 aromatic carbocycles. The van der Waals surface area contributed by atoms with E-state index in [4.69, 9.17) is 0 Å². The second kappa shape index (κ2) is 8.70. The first-order valence-electron chi connectivity index (χ1n) is 8.29. The van der Waals surface area contributed by atoms with Crippen molar-refractivity contribution in [3.63, 3.8) is 0 Å². The maximum absolute atomic E-state index is 11.8. The number of nitro groups is 2. The van der Waals surface area contributed by atoms with Gasteiger partial charge in [-0.3, -0.25) is 24.8 Å². The Morgan fingerprint density at radius 3 is 2.07 bits per heavy atom. The van der Waals surface area contributed by atoms with Gasteiger partial charge in [0.15, 0.2) is 5.69 Å². The average molecular weight is 423 g/mol. The summed E-state index contributed by atoms with van der Waals surface area (Å²) >= 11 is 0. The van der Waals surface area contributed by atoms with Crippen LogP contribution in [0.2, 0.25) is 0 Å². The minimum Gasteiger partial charge on any atom is -0.372 e. The Bertz CT molecular complexity index is 1080. The van der Waals surface area contributed by atoms with E-state index in [1.54, 1.807) is 6.07 Å². The number of nitrogens with zero attached hydrogens (tertiary/aromatic N) is 5. The maximum atomic E-state index is 11.8. The fraction of sp³-hybridized carbons (Fsp3) is 0.250. The quantitative estimate of drug-likeness (QED) is 0.287. The lowest BCUT2D eigenvalue weighted by atomic mass is 10.2. The summed E-state index contributed by atoms with van der Waals surface area (Å²) in [4.78, 5) is 21.6. The Kier molecular flexibility index (Phi) is 6.56. The van der Waals surface area contributed by atoms with Gasteiger partial charge in [0.05, 0.1) is 15.9 Å². The van der Waals surface area contributed by atoms with Crippen LogP contribution in [0.5, 0.6) is 0 Å². The molecule has 13 heteroatoms. The van der Waals surface area contributed by atoms with E-state index in [2.05, 4.69) is 10.2 Å². The number of hydrogen-bond donors (Lipinski definition) is 1. The molecular weight excluding hydrogens is 406 g/mol. The molecule has 154 valence electrons. The Hall–Kier alpha value is -3.45. The predicted molar refractivity (Wildman–Crippen MR) is 104 cm³/mol. The van der Waals surface area contributed by atoms with Crippen molar-refractivity contribution in [2.75, 3.05) is 18.0 Å². The van der Waals surface area contributed by atoms with Crippen LogP contribution in [0, 0.1) is 20.2 Å². The third kappa shape index (κ3) is 5.08. The number of rotatable bonds is 8. The van der Waals surface area contributed by atoms with Gasteiger partial charge in [-0.15, -0.1) is 10.2 Å². The minimum atomic E-state index is -4.66. The lowest BCUT2D eigenvalue weighted by Crippen LogP contribution is -2.22. The van der Waals surface area contributed by atoms with E-state index in [0.29, 0.717) is 18.8 Å². The normalized spacial score (nSPS) is 11.6. The van der Waals surface area contributed by atoms with Crippen LogP contribution in [-0.4, -0.2) is 35.9 Å². The molecule has 2 aromatic rings. The molecular formula is C16H17N5O7S. The van der Waals surface area contributed by atoms with Gasteiger partial charge in [0.2, 0.25) is 0 Å². The van der Waals surface area contributed by atoms with Crippen LogP contribution in [0.25, 0.3) is 0 Å². The molecule has 2 rings (SSSR count). The summed E-state index contributed by atoms with van der Waals surface area (Å²) in [6.07, 6.45) is 0. The zero-order chi connectivity index (χ0) is 21.8. The molecule has 12 nitrogen and oxygen atoms in total. The Balaban J connectivity index is 2.55. The molecule has 0 atom stereocenters. The third-order valence-corrected chi connectivity index (χ3v) is 4.86. The van der Waals surface area contributed by atoms with Gasteiger partial charge in [0.1, 0.15) is 10.6 Å². The molecule has 0 radical (unpaired) electrons. The summed E-state index contributed by atoms with van der Waals surface area (Å²) in [5.74, 6) is 0. The van der Waals surface area contributed by atoms with E-state index in [9.17, 15) is 33.2 Å². The maximum Gasteiger partial charge on any atom is 0.303 e. The van der Waals surface area contributed by atoms with E-state index >= 15 is 0 Å². The van der Waals surface area contributed by atoms with Gasteiger partial charge in [-0.1, -0.05) is 0 Å². The van der Waals surface area contributed by atoms with Gasteiger partial charge in [-0.2, -0.15) is 8.42 Å². The van der Waals surface area contributed by atoms with Gasteiger partial charge < -0.3 is 4.90 Å². The predicted octanol–water partition coefficient (Wildman–Crippen LogP) is 4.01. The first-order chi connectivity index (χ1) is 13.6. The molecule has 29 heavy (non-hydrogen) atoms. The molecule has 0 heterocycles. The minimum absolute atomic E-state index is 0.240. The van der Waals surface area contributed by atoms with Crippen molar-refractivity contribution in [2.24, 2.45) is 10.2 Å². The lowest BCUT2D eigenvalue weighted by Gasteiger charge is -2.21. The topological polar surface area (TPSA) is 169 Å². The SMILES string of the molecule is CCN(CC)c1ccc(N=Nc2ccc([N+](=O)[O-])cc2[N+](=O)[O-])c(S(=O)(=O)O)c1. The van der Waals surface area contributed by atoms with Crippen molar-refractivity contribution in [2.45, 2.75) is 18.7 Å². The number of nitro benzene ring substituents is 2. The van der Waals surface area contributed by atoms with Crippen LogP contribution in [0.4, 0.5) is 28.4 Å². The number of hydrogen-bond acceptors (Lipinski definition) is 9. The first kappa shape index (κ1) is 21.8. The monoisotopic (exact) mass is 423 g/mol. The number of azo groups is 1. The van der Waals surface area contributed by atoms with Gasteiger partial charge in [0.25, 0.3) is 15.8 Å². The zero-order valence-corrected chi connectivity index (χ0v) is 16.2. The van der Waals surface area contributed by atoms with Gasteiger partial charge in [-0.25, -0.2) is 0 Å². The Labute approximate surface area is 165 Å². The van der Waals surface area contributed by atoms with E-state index in [0.717, 1.165) is 18.2 Å². The van der Waals surface area contributed by atoms with Crippen LogP contribution in [0.3, 0.4) is 0 Å². The highest BCUT2D eigenvalue weighted by Gasteiger charge is 2.21. The molecule has 0 amide bonds. The lowest BCUT2D eigenvalue weighted by molar-refractivity contribution is -0.393. The number of anilines is 1. The molecule has 0 spiro atoms. The van der Waals surface area contributed by atoms with Crippen molar-refractivity contribution >= 4 is 38.6 Å². The van der Waals surface area contributed by atoms with E-state index < -0.39 is 36.2 Å². The van der Waals surface area contributed by atoms with Crippen molar-refractivity contribution < 1.29 is 22.8 Å². The summed E-state index contributed by atoms with van der Waals surface area (Å²) in [6.45, 7) is 4.93. The fourth-order valence-electron chi connectivity index (χ4n) is 2.54. The molecule has 0 aliphatic carbocycles. The van der Waals surface area contributed by atoms with Gasteiger partial charge >= 0.3 is 5.69 Å². The fourth-order valence-corrected chi connectivity index (χ4v) is 3.18. The molecule has 0 aliphatic heterocycles. The van der Waals surface area contributed by atoms with E-state index in [1.807, 2.05) is 18.7 Å². The molecule has 0 saturated carbocycles. The molecule has 1 N–H and O–H groups in total. The van der Waals surface area contributed by atoms with Crippen LogP contribution in [0.1, 0.15) is 13.8 Å². The van der Waals surface area contributed by atoms with E-state index in [1.165, 1.54) is 12.1 Å². The van der Waals surface area contributed by atoms with E-state index in [-0.39, 0.29) is 11.4 Å². The summed E-state index contributed by atoms with van der Waals surface area (Å²) in [6, 6.07) is 6.85. The second-order valence-corrected chi connectivity index (χ2v) is 7.08. The van der Waals surface area contributed by atoms with Crippen molar-refractivity contribution in [3.8, 4) is 0 Å². The van der Waals surface area contributed by atoms with Gasteiger partial charge in [0, 0.05) is 24.8 Å². The largest absolute Gasteiger partial charge is 0.372 e. The zero-order valence-electron chi connectivity index (χ0n) is 15.4. The van der Waals surface area contributed by atoms with Crippen LogP contribution < -0.4 is 4.90 Å². The second-order valence-electron chi connectivity index (χ2n) is 5.69. The van der Waals surface area contributed by atoms with Crippen molar-refractivity contribution in [3.05, 3.63) is 56.6 Å². The van der Waals surface area contributed by atoms with Crippen LogP contribution in [0.15, 0.2) is 51.5 Å². The van der Waals surface area contributed by atoms with Crippen LogP contribution >= 0.6 is 0 Å². The highest BCUT2D eigenvalue weighted by Crippen LogP contribution is 2.35. The molecule has 0 fully saturated rings. The standard InChI is InChI=1S/C16H17N5O7S/c1-3-19(4-2)11-5-8-14(16(10-11)29(26,27)28)18-17-13-7-6-12(20(22)23)9-15(13)21(24)25/h5-10H,3-4H2,1-2H3,(H,26,27,28). The van der Waals surface area contributed by atoms with Crippen molar-refractivity contribution in [1.29, 1.82) is 0 Å². The summed E-state index contributed by atoms with van der Waals surface area (Å²) < 4.78 is 33.1. The smallest absolute Gasteiger partial charge is 0.303 e. The van der Waals surface area contributed by atoms with Crippen molar-refractivity contribution in [1.82, 2.24) is 0 Å². The molecule has 0 aliphatic rings. The number of non-ortho nitro benzene ring substituents is 1. The number of benzene rings is 2. The molecule has 0 aromatic heterocycles. The summed E-state index contributed by atoms with van der Waals surface area (Å²) in [5.41, 5.74) is -1.19. The molecule has 0 unspecified atom stereocenters. The Morgan fingerprint density at radius 2 is 1.55 bits per heavy atom. The summed E-state index contributed by atoms with van der Waals surface area (Å²) in [7, 11) is -4.66. The third-order valence-electron chi connectivity index (χ3n) is 3.98. The van der Waals surface area contributed by atoms with Crippen LogP contribution in [-0.2, 0) is 10.1 Å². The highest BCUT2D eigenvalue weighted by atomic mass is 32.2. The average Bonchev–Trinajstić information content (AvgIpc) is 2.66. The first-order valence-corrected chi connectivity index (χ1v) is 9.73. The Morgan fingerprint density at radius 1 is 0.966 bits per heavy atom. The molecule has 0 bridgehead atoms. The van der Waals surface area contributed by atoms with Gasteiger partial charge in [-0.05, 0) is 38.1 Å². The molecule has 0 saturated heterocycles. The summed E-state index contributed by atoms with van der Waals surface area (Å²) in [5, 5.41) is 29.3. The highest BCUT2D eigenvalue weighted by molar-refractivity contribution is 7.86.